The summed E-state index contributed by atoms with van der Waals surface area (Å²) in [6, 6.07) is 28.1. The van der Waals surface area contributed by atoms with Gasteiger partial charge in [-0.2, -0.15) is 10.1 Å². The number of benzene rings is 4. The largest absolute Gasteiger partial charge is 0.339 e. The summed E-state index contributed by atoms with van der Waals surface area (Å²) < 4.78 is 1.96. The van der Waals surface area contributed by atoms with Crippen LogP contribution in [-0.2, 0) is 11.3 Å². The molecule has 0 aliphatic heterocycles. The van der Waals surface area contributed by atoms with Crippen molar-refractivity contribution in [2.75, 3.05) is 10.6 Å². The molecule has 4 aromatic carbocycles. The van der Waals surface area contributed by atoms with Crippen LogP contribution < -0.4 is 10.6 Å². The Morgan fingerprint density at radius 3 is 2.36 bits per heavy atom. The fourth-order valence-corrected chi connectivity index (χ4v) is 4.37. The molecule has 6 rings (SSSR count). The van der Waals surface area contributed by atoms with Crippen molar-refractivity contribution >= 4 is 55.9 Å². The van der Waals surface area contributed by atoms with Gasteiger partial charge in [0.25, 0.3) is 0 Å². The Balaban J connectivity index is 1.47. The third-order valence-corrected chi connectivity index (χ3v) is 5.98. The van der Waals surface area contributed by atoms with Gasteiger partial charge in [0.15, 0.2) is 0 Å². The Bertz CT molecular complexity index is 1800. The maximum absolute atomic E-state index is 11.8. The van der Waals surface area contributed by atoms with Crippen molar-refractivity contribution in [1.29, 1.82) is 0 Å². The molecule has 2 heterocycles. The third-order valence-electron chi connectivity index (χ3n) is 5.98. The molecule has 0 unspecified atom stereocenters. The number of fused-ring (bicyclic) bond motifs is 4. The minimum Gasteiger partial charge on any atom is -0.339 e. The lowest BCUT2D eigenvalue weighted by molar-refractivity contribution is -0.111. The van der Waals surface area contributed by atoms with Gasteiger partial charge in [0, 0.05) is 28.0 Å². The van der Waals surface area contributed by atoms with E-state index >= 15 is 0 Å². The first-order valence-electron chi connectivity index (χ1n) is 11.4. The fraction of sp³-hybridized carbons (Fsp3) is 0.0345. The summed E-state index contributed by atoms with van der Waals surface area (Å²) in [7, 11) is 0. The topological polar surface area (TPSA) is 84.7 Å². The summed E-state index contributed by atoms with van der Waals surface area (Å²) in [4.78, 5) is 20.8. The number of hydrogen-bond acceptors (Lipinski definition) is 5. The molecule has 1 amide bonds. The highest BCUT2D eigenvalue weighted by Gasteiger charge is 2.14. The van der Waals surface area contributed by atoms with Crippen LogP contribution in [0.15, 0.2) is 91.1 Å². The first-order valence-corrected chi connectivity index (χ1v) is 11.4. The van der Waals surface area contributed by atoms with E-state index < -0.39 is 5.91 Å². The number of anilines is 3. The molecule has 0 saturated heterocycles. The Hall–Kier alpha value is -5.22. The Labute approximate surface area is 206 Å². The van der Waals surface area contributed by atoms with Gasteiger partial charge < -0.3 is 5.32 Å². The molecule has 6 aromatic rings. The summed E-state index contributed by atoms with van der Waals surface area (Å²) >= 11 is 0. The van der Waals surface area contributed by atoms with E-state index in [2.05, 4.69) is 51.1 Å². The normalized spacial score (nSPS) is 11.0. The van der Waals surface area contributed by atoms with Crippen LogP contribution in [0.2, 0.25) is 0 Å². The maximum atomic E-state index is 11.8. The number of hydrogen-bond donors (Lipinski definition) is 2. The van der Waals surface area contributed by atoms with E-state index in [1.165, 1.54) is 5.56 Å². The summed E-state index contributed by atoms with van der Waals surface area (Å²) in [5, 5.41) is 14.9. The second-order valence-electron chi connectivity index (χ2n) is 8.35. The van der Waals surface area contributed by atoms with E-state index in [1.807, 2.05) is 71.3 Å². The van der Waals surface area contributed by atoms with Gasteiger partial charge in [0.05, 0.1) is 17.6 Å². The molecule has 36 heavy (non-hydrogen) atoms. The number of amides is 1. The molecule has 0 radical (unpaired) electrons. The Kier molecular flexibility index (Phi) is 5.24. The monoisotopic (exact) mass is 468 g/mol. The molecule has 0 saturated carbocycles. The average molecular weight is 469 g/mol. The third kappa shape index (κ3) is 3.97. The van der Waals surface area contributed by atoms with Crippen LogP contribution in [0.5, 0.6) is 0 Å². The lowest BCUT2D eigenvalue weighted by Crippen LogP contribution is -2.12. The van der Waals surface area contributed by atoms with Crippen LogP contribution in [0.4, 0.5) is 17.5 Å². The number of carbonyl (C=O) groups excluding carboxylic acids is 1. The molecule has 0 spiro atoms. The molecule has 0 aliphatic carbocycles. The van der Waals surface area contributed by atoms with E-state index in [0.29, 0.717) is 17.9 Å². The minimum atomic E-state index is -0.605. The smallest absolute Gasteiger partial charge is 0.302 e. The zero-order chi connectivity index (χ0) is 24.5. The van der Waals surface area contributed by atoms with E-state index in [1.54, 1.807) is 0 Å². The Morgan fingerprint density at radius 2 is 1.56 bits per heavy atom. The molecule has 0 atom stereocenters. The van der Waals surface area contributed by atoms with Crippen molar-refractivity contribution in [2.45, 2.75) is 6.54 Å². The van der Waals surface area contributed by atoms with Gasteiger partial charge in [-0.15, -0.1) is 6.42 Å². The van der Waals surface area contributed by atoms with Crippen LogP contribution in [0.3, 0.4) is 0 Å². The summed E-state index contributed by atoms with van der Waals surface area (Å²) in [6.07, 6.45) is 7.30. The van der Waals surface area contributed by atoms with Crippen molar-refractivity contribution in [2.24, 2.45) is 0 Å². The highest BCUT2D eigenvalue weighted by atomic mass is 16.1. The molecule has 7 nitrogen and oxygen atoms in total. The van der Waals surface area contributed by atoms with E-state index in [4.69, 9.17) is 11.5 Å². The van der Waals surface area contributed by atoms with Crippen molar-refractivity contribution < 1.29 is 4.79 Å². The number of para-hydroxylation sites is 1. The van der Waals surface area contributed by atoms with E-state index in [9.17, 15) is 4.79 Å². The van der Waals surface area contributed by atoms with Gasteiger partial charge in [-0.05, 0) is 35.1 Å². The lowest BCUT2D eigenvalue weighted by Gasteiger charge is -2.13. The summed E-state index contributed by atoms with van der Waals surface area (Å²) in [5.74, 6) is 2.12. The zero-order valence-electron chi connectivity index (χ0n) is 19.1. The molecule has 2 N–H and O–H groups in total. The second kappa shape index (κ2) is 8.85. The first-order chi connectivity index (χ1) is 17.7. The molecule has 0 aliphatic rings. The number of terminal acetylenes is 1. The van der Waals surface area contributed by atoms with Gasteiger partial charge in [-0.1, -0.05) is 66.7 Å². The molecule has 0 bridgehead atoms. The maximum Gasteiger partial charge on any atom is 0.302 e. The number of rotatable bonds is 5. The average Bonchev–Trinajstić information content (AvgIpc) is 3.31. The van der Waals surface area contributed by atoms with Crippen molar-refractivity contribution in [3.63, 3.8) is 0 Å². The molecular weight excluding hydrogens is 448 g/mol. The van der Waals surface area contributed by atoms with Gasteiger partial charge >= 0.3 is 5.91 Å². The first kappa shape index (κ1) is 21.3. The quantitative estimate of drug-likeness (QED) is 0.327. The van der Waals surface area contributed by atoms with Crippen LogP contribution in [0, 0.1) is 12.3 Å². The molecule has 0 fully saturated rings. The van der Waals surface area contributed by atoms with Crippen molar-refractivity contribution in [1.82, 2.24) is 19.7 Å². The Morgan fingerprint density at radius 1 is 0.833 bits per heavy atom. The van der Waals surface area contributed by atoms with Gasteiger partial charge in [-0.25, -0.2) is 4.98 Å². The van der Waals surface area contributed by atoms with Crippen molar-refractivity contribution in [3.05, 3.63) is 96.7 Å². The predicted octanol–water partition coefficient (Wildman–Crippen LogP) is 5.50. The minimum absolute atomic E-state index is 0.136. The van der Waals surface area contributed by atoms with Crippen molar-refractivity contribution in [3.8, 4) is 12.3 Å². The highest BCUT2D eigenvalue weighted by molar-refractivity contribution is 6.13. The summed E-state index contributed by atoms with van der Waals surface area (Å²) in [6.45, 7) is 0.682. The van der Waals surface area contributed by atoms with Crippen LogP contribution in [0.1, 0.15) is 5.56 Å². The lowest BCUT2D eigenvalue weighted by atomic mass is 10.0. The van der Waals surface area contributed by atoms with Crippen LogP contribution in [-0.4, -0.2) is 25.7 Å². The standard InChI is InChI=1S/C29H20N6O/c1-2-27(36)32-29-31-24-15-9-8-14-22(24)28(33-29)30-25-16-26-23(20-12-6-7-13-21(20)25)18-35(34-26)17-19-10-4-3-5-11-19/h1,3-16,18H,17H2,(H2,30,31,32,33,36). The van der Waals surface area contributed by atoms with Gasteiger partial charge in [0.1, 0.15) is 5.82 Å². The SMILES string of the molecule is C#CC(=O)Nc1nc(Nc2cc3nn(Cc4ccccc4)cc3c3ccccc23)c2ccccc2n1. The highest BCUT2D eigenvalue weighted by Crippen LogP contribution is 2.34. The number of aromatic nitrogens is 4. The number of nitrogens with one attached hydrogen (secondary N) is 2. The molecular formula is C29H20N6O. The summed E-state index contributed by atoms with van der Waals surface area (Å²) in [5.41, 5.74) is 3.58. The number of carbonyl (C=O) groups is 1. The molecule has 2 aromatic heterocycles. The van der Waals surface area contributed by atoms with Gasteiger partial charge in [0.2, 0.25) is 5.95 Å². The van der Waals surface area contributed by atoms with Crippen LogP contribution in [0.25, 0.3) is 32.6 Å². The van der Waals surface area contributed by atoms with E-state index in [0.717, 1.165) is 32.7 Å². The van der Waals surface area contributed by atoms with E-state index in [-0.39, 0.29) is 5.95 Å². The number of nitrogens with zero attached hydrogens (tertiary/aromatic N) is 4. The molecule has 7 heteroatoms. The molecule has 172 valence electrons. The fourth-order valence-electron chi connectivity index (χ4n) is 4.37. The predicted molar refractivity (Wildman–Crippen MR) is 143 cm³/mol. The van der Waals surface area contributed by atoms with Gasteiger partial charge in [-0.3, -0.25) is 14.8 Å². The second-order valence-corrected chi connectivity index (χ2v) is 8.35. The zero-order valence-corrected chi connectivity index (χ0v) is 19.1. The van der Waals surface area contributed by atoms with Crippen LogP contribution >= 0.6 is 0 Å².